The standard InChI is InChI=1S/C13H20ClN3O/c1-3-17-12(13(14)9(2)16-17)8-11(18)6-7-15-10-4-5-10/h10,15H,3-8H2,1-2H3. The second kappa shape index (κ2) is 5.85. The van der Waals surface area contributed by atoms with Gasteiger partial charge in [0, 0.05) is 32.0 Å². The van der Waals surface area contributed by atoms with Crippen LogP contribution in [0.4, 0.5) is 0 Å². The lowest BCUT2D eigenvalue weighted by molar-refractivity contribution is -0.118. The van der Waals surface area contributed by atoms with Gasteiger partial charge < -0.3 is 5.32 Å². The quantitative estimate of drug-likeness (QED) is 0.825. The van der Waals surface area contributed by atoms with Crippen molar-refractivity contribution in [3.8, 4) is 0 Å². The minimum Gasteiger partial charge on any atom is -0.314 e. The van der Waals surface area contributed by atoms with Crippen molar-refractivity contribution >= 4 is 17.4 Å². The number of aryl methyl sites for hydroxylation is 2. The van der Waals surface area contributed by atoms with Gasteiger partial charge in [-0.15, -0.1) is 0 Å². The van der Waals surface area contributed by atoms with Gasteiger partial charge in [0.05, 0.1) is 16.4 Å². The molecule has 0 saturated heterocycles. The molecule has 18 heavy (non-hydrogen) atoms. The molecule has 0 radical (unpaired) electrons. The average molecular weight is 270 g/mol. The summed E-state index contributed by atoms with van der Waals surface area (Å²) in [7, 11) is 0. The molecule has 1 fully saturated rings. The first-order valence-electron chi connectivity index (χ1n) is 6.58. The maximum Gasteiger partial charge on any atom is 0.140 e. The summed E-state index contributed by atoms with van der Waals surface area (Å²) in [4.78, 5) is 11.9. The molecule has 5 heteroatoms. The Kier molecular flexibility index (Phi) is 4.40. The van der Waals surface area contributed by atoms with Crippen LogP contribution in [0, 0.1) is 6.92 Å². The Balaban J connectivity index is 1.88. The molecule has 1 heterocycles. The Morgan fingerprint density at radius 1 is 1.56 bits per heavy atom. The van der Waals surface area contributed by atoms with E-state index >= 15 is 0 Å². The molecule has 1 aliphatic carbocycles. The number of carbonyl (C=O) groups is 1. The number of halogens is 1. The lowest BCUT2D eigenvalue weighted by atomic mass is 10.1. The summed E-state index contributed by atoms with van der Waals surface area (Å²) >= 11 is 6.18. The topological polar surface area (TPSA) is 46.9 Å². The van der Waals surface area contributed by atoms with E-state index in [2.05, 4.69) is 10.4 Å². The maximum atomic E-state index is 11.9. The number of rotatable bonds is 7. The van der Waals surface area contributed by atoms with E-state index in [9.17, 15) is 4.79 Å². The molecule has 0 amide bonds. The molecule has 1 aromatic rings. The summed E-state index contributed by atoms with van der Waals surface area (Å²) in [5.41, 5.74) is 1.66. The Morgan fingerprint density at radius 2 is 2.28 bits per heavy atom. The molecule has 1 saturated carbocycles. The summed E-state index contributed by atoms with van der Waals surface area (Å²) in [6.07, 6.45) is 3.46. The van der Waals surface area contributed by atoms with E-state index in [4.69, 9.17) is 11.6 Å². The number of carbonyl (C=O) groups excluding carboxylic acids is 1. The van der Waals surface area contributed by atoms with Gasteiger partial charge in [-0.05, 0) is 26.7 Å². The summed E-state index contributed by atoms with van der Waals surface area (Å²) in [6.45, 7) is 5.40. The molecule has 4 nitrogen and oxygen atoms in total. The zero-order valence-electron chi connectivity index (χ0n) is 11.0. The van der Waals surface area contributed by atoms with E-state index < -0.39 is 0 Å². The highest BCUT2D eigenvalue weighted by atomic mass is 35.5. The second-order valence-corrected chi connectivity index (χ2v) is 5.23. The van der Waals surface area contributed by atoms with Crippen molar-refractivity contribution in [1.82, 2.24) is 15.1 Å². The van der Waals surface area contributed by atoms with Crippen LogP contribution in [0.2, 0.25) is 5.02 Å². The first kappa shape index (κ1) is 13.6. The van der Waals surface area contributed by atoms with E-state index in [1.165, 1.54) is 12.8 Å². The van der Waals surface area contributed by atoms with Crippen LogP contribution in [0.15, 0.2) is 0 Å². The van der Waals surface area contributed by atoms with Gasteiger partial charge >= 0.3 is 0 Å². The Morgan fingerprint density at radius 3 is 2.89 bits per heavy atom. The molecule has 0 unspecified atom stereocenters. The second-order valence-electron chi connectivity index (χ2n) is 4.86. The highest BCUT2D eigenvalue weighted by Crippen LogP contribution is 2.21. The number of hydrogen-bond acceptors (Lipinski definition) is 3. The largest absolute Gasteiger partial charge is 0.314 e. The molecule has 100 valence electrons. The molecule has 0 aliphatic heterocycles. The van der Waals surface area contributed by atoms with Gasteiger partial charge in [0.2, 0.25) is 0 Å². The van der Waals surface area contributed by atoms with Crippen molar-refractivity contribution in [2.45, 2.75) is 52.1 Å². The number of Topliss-reactive ketones (excluding diaryl/α,β-unsaturated/α-hetero) is 1. The molecule has 1 aromatic heterocycles. The van der Waals surface area contributed by atoms with Crippen molar-refractivity contribution in [3.63, 3.8) is 0 Å². The van der Waals surface area contributed by atoms with Crippen LogP contribution in [0.25, 0.3) is 0 Å². The summed E-state index contributed by atoms with van der Waals surface area (Å²) in [5.74, 6) is 0.222. The van der Waals surface area contributed by atoms with Crippen molar-refractivity contribution in [2.75, 3.05) is 6.54 Å². The Hall–Kier alpha value is -0.870. The zero-order valence-corrected chi connectivity index (χ0v) is 11.8. The molecule has 0 aromatic carbocycles. The lowest BCUT2D eigenvalue weighted by Crippen LogP contribution is -2.21. The first-order chi connectivity index (χ1) is 8.61. The molecule has 0 bridgehead atoms. The van der Waals surface area contributed by atoms with E-state index in [0.717, 1.165) is 24.5 Å². The SMILES string of the molecule is CCn1nc(C)c(Cl)c1CC(=O)CCNC1CC1. The predicted molar refractivity (Wildman–Crippen MR) is 72.0 cm³/mol. The van der Waals surface area contributed by atoms with Crippen LogP contribution < -0.4 is 5.32 Å². The summed E-state index contributed by atoms with van der Waals surface area (Å²) in [6, 6.07) is 0.657. The van der Waals surface area contributed by atoms with Crippen LogP contribution in [-0.4, -0.2) is 28.2 Å². The van der Waals surface area contributed by atoms with Crippen molar-refractivity contribution in [2.24, 2.45) is 0 Å². The number of ketones is 1. The smallest absolute Gasteiger partial charge is 0.140 e. The molecule has 1 N–H and O–H groups in total. The van der Waals surface area contributed by atoms with Crippen LogP contribution in [0.1, 0.15) is 37.6 Å². The predicted octanol–water partition coefficient (Wildman–Crippen LogP) is 2.12. The number of aromatic nitrogens is 2. The van der Waals surface area contributed by atoms with Gasteiger partial charge in [-0.1, -0.05) is 11.6 Å². The van der Waals surface area contributed by atoms with Crippen LogP contribution in [0.3, 0.4) is 0 Å². The summed E-state index contributed by atoms with van der Waals surface area (Å²) in [5, 5.41) is 8.30. The fourth-order valence-electron chi connectivity index (χ4n) is 2.02. The maximum absolute atomic E-state index is 11.9. The van der Waals surface area contributed by atoms with Crippen molar-refractivity contribution < 1.29 is 4.79 Å². The Bertz CT molecular complexity index is 438. The molecule has 2 rings (SSSR count). The van der Waals surface area contributed by atoms with Gasteiger partial charge in [-0.2, -0.15) is 5.10 Å². The molecule has 1 aliphatic rings. The highest BCUT2D eigenvalue weighted by Gasteiger charge is 2.21. The van der Waals surface area contributed by atoms with Crippen molar-refractivity contribution in [3.05, 3.63) is 16.4 Å². The molecule has 0 spiro atoms. The van der Waals surface area contributed by atoms with Gasteiger partial charge in [0.1, 0.15) is 5.78 Å². The minimum absolute atomic E-state index is 0.222. The van der Waals surface area contributed by atoms with Gasteiger partial charge in [0.15, 0.2) is 0 Å². The molecular weight excluding hydrogens is 250 g/mol. The van der Waals surface area contributed by atoms with E-state index in [-0.39, 0.29) is 5.78 Å². The minimum atomic E-state index is 0.222. The highest BCUT2D eigenvalue weighted by molar-refractivity contribution is 6.32. The van der Waals surface area contributed by atoms with E-state index in [0.29, 0.717) is 23.9 Å². The van der Waals surface area contributed by atoms with Crippen LogP contribution >= 0.6 is 11.6 Å². The van der Waals surface area contributed by atoms with Crippen molar-refractivity contribution in [1.29, 1.82) is 0 Å². The first-order valence-corrected chi connectivity index (χ1v) is 6.96. The number of hydrogen-bond donors (Lipinski definition) is 1. The van der Waals surface area contributed by atoms with Gasteiger partial charge in [-0.3, -0.25) is 9.48 Å². The molecule has 0 atom stereocenters. The zero-order chi connectivity index (χ0) is 13.1. The molecular formula is C13H20ClN3O. The number of nitrogens with one attached hydrogen (secondary N) is 1. The summed E-state index contributed by atoms with van der Waals surface area (Å²) < 4.78 is 1.82. The van der Waals surface area contributed by atoms with Gasteiger partial charge in [-0.25, -0.2) is 0 Å². The van der Waals surface area contributed by atoms with E-state index in [1.54, 1.807) is 0 Å². The van der Waals surface area contributed by atoms with E-state index in [1.807, 2.05) is 18.5 Å². The van der Waals surface area contributed by atoms with Gasteiger partial charge in [0.25, 0.3) is 0 Å². The third-order valence-corrected chi connectivity index (χ3v) is 3.72. The monoisotopic (exact) mass is 269 g/mol. The fourth-order valence-corrected chi connectivity index (χ4v) is 2.22. The number of nitrogens with zero attached hydrogens (tertiary/aromatic N) is 2. The average Bonchev–Trinajstić information content (AvgIpc) is 3.12. The third kappa shape index (κ3) is 3.33. The normalized spacial score (nSPS) is 15.1. The fraction of sp³-hybridized carbons (Fsp3) is 0.692. The Labute approximate surface area is 113 Å². The third-order valence-electron chi connectivity index (χ3n) is 3.23. The lowest BCUT2D eigenvalue weighted by Gasteiger charge is -2.05. The van der Waals surface area contributed by atoms with Crippen LogP contribution in [0.5, 0.6) is 0 Å². The van der Waals surface area contributed by atoms with Crippen LogP contribution in [-0.2, 0) is 17.8 Å².